The van der Waals surface area contributed by atoms with Crippen LogP contribution in [0, 0.1) is 4.77 Å². The molecule has 0 fully saturated rings. The van der Waals surface area contributed by atoms with Gasteiger partial charge in [0.25, 0.3) is 5.56 Å². The summed E-state index contributed by atoms with van der Waals surface area (Å²) in [6, 6.07) is 7.45. The van der Waals surface area contributed by atoms with Gasteiger partial charge in [0, 0.05) is 0 Å². The molecule has 102 valence electrons. The lowest BCUT2D eigenvalue weighted by molar-refractivity contribution is 0.340. The molecule has 1 aromatic carbocycles. The van der Waals surface area contributed by atoms with Gasteiger partial charge in [-0.3, -0.25) is 9.78 Å². The molecule has 0 atom stereocenters. The van der Waals surface area contributed by atoms with E-state index in [-0.39, 0.29) is 10.3 Å². The fourth-order valence-electron chi connectivity index (χ4n) is 1.99. The van der Waals surface area contributed by atoms with E-state index in [1.54, 1.807) is 4.68 Å². The first-order chi connectivity index (χ1) is 9.69. The Morgan fingerprint density at radius 3 is 2.75 bits per heavy atom. The van der Waals surface area contributed by atoms with Crippen LogP contribution in [0.2, 0.25) is 0 Å². The fourth-order valence-corrected chi connectivity index (χ4v) is 2.18. The molecule has 3 rings (SSSR count). The van der Waals surface area contributed by atoms with Crippen molar-refractivity contribution in [3.63, 3.8) is 0 Å². The second-order valence-corrected chi connectivity index (χ2v) is 4.56. The first-order valence-corrected chi connectivity index (χ1v) is 6.53. The third-order valence-electron chi connectivity index (χ3n) is 2.87. The lowest BCUT2D eigenvalue weighted by Crippen LogP contribution is -2.08. The van der Waals surface area contributed by atoms with Gasteiger partial charge in [-0.2, -0.15) is 5.10 Å². The molecule has 2 heterocycles. The molecule has 0 aliphatic heterocycles. The monoisotopic (exact) mass is 288 g/mol. The maximum absolute atomic E-state index is 11.8. The maximum Gasteiger partial charge on any atom is 0.262 e. The SMILES string of the molecule is CCOc1ccc(-n2ncc3c(=O)[nH]c(=S)[nH]c32)cc1. The molecule has 3 aromatic rings. The summed E-state index contributed by atoms with van der Waals surface area (Å²) in [6.45, 7) is 2.55. The molecular formula is C13H12N4O2S. The van der Waals surface area contributed by atoms with Crippen molar-refractivity contribution in [2.75, 3.05) is 6.61 Å². The smallest absolute Gasteiger partial charge is 0.262 e. The zero-order chi connectivity index (χ0) is 14.1. The number of nitrogens with zero attached hydrogens (tertiary/aromatic N) is 2. The average molecular weight is 288 g/mol. The number of ether oxygens (including phenoxy) is 1. The number of aromatic nitrogens is 4. The molecule has 0 saturated heterocycles. The number of benzene rings is 1. The van der Waals surface area contributed by atoms with Crippen LogP contribution in [-0.4, -0.2) is 26.4 Å². The van der Waals surface area contributed by atoms with E-state index in [9.17, 15) is 4.79 Å². The predicted octanol–water partition coefficient (Wildman–Crippen LogP) is 2.17. The minimum atomic E-state index is -0.249. The minimum Gasteiger partial charge on any atom is -0.494 e. The van der Waals surface area contributed by atoms with Crippen molar-refractivity contribution in [1.29, 1.82) is 0 Å². The summed E-state index contributed by atoms with van der Waals surface area (Å²) in [5.41, 5.74) is 1.14. The third kappa shape index (κ3) is 2.12. The van der Waals surface area contributed by atoms with Crippen molar-refractivity contribution in [1.82, 2.24) is 19.7 Å². The summed E-state index contributed by atoms with van der Waals surface area (Å²) in [5.74, 6) is 0.790. The Hall–Kier alpha value is -2.41. The molecule has 0 unspecified atom stereocenters. The number of aromatic amines is 2. The molecule has 0 amide bonds. The van der Waals surface area contributed by atoms with E-state index in [0.29, 0.717) is 17.6 Å². The topological polar surface area (TPSA) is 75.7 Å². The highest BCUT2D eigenvalue weighted by Crippen LogP contribution is 2.17. The van der Waals surface area contributed by atoms with E-state index in [1.165, 1.54) is 6.20 Å². The normalized spacial score (nSPS) is 10.8. The van der Waals surface area contributed by atoms with Gasteiger partial charge in [0.1, 0.15) is 16.8 Å². The Morgan fingerprint density at radius 2 is 2.05 bits per heavy atom. The molecular weight excluding hydrogens is 276 g/mol. The number of hydrogen-bond acceptors (Lipinski definition) is 4. The Morgan fingerprint density at radius 1 is 1.30 bits per heavy atom. The largest absolute Gasteiger partial charge is 0.494 e. The first kappa shape index (κ1) is 12.6. The van der Waals surface area contributed by atoms with E-state index in [4.69, 9.17) is 17.0 Å². The van der Waals surface area contributed by atoms with Gasteiger partial charge in [-0.15, -0.1) is 0 Å². The summed E-state index contributed by atoms with van der Waals surface area (Å²) in [6.07, 6.45) is 1.51. The summed E-state index contributed by atoms with van der Waals surface area (Å²) >= 11 is 4.99. The number of H-pyrrole nitrogens is 2. The van der Waals surface area contributed by atoms with E-state index in [0.717, 1.165) is 11.4 Å². The summed E-state index contributed by atoms with van der Waals surface area (Å²) in [5, 5.41) is 4.69. The molecule has 0 aliphatic carbocycles. The lowest BCUT2D eigenvalue weighted by atomic mass is 10.3. The molecule has 0 saturated carbocycles. The van der Waals surface area contributed by atoms with Crippen molar-refractivity contribution in [3.8, 4) is 11.4 Å². The molecule has 2 N–H and O–H groups in total. The highest BCUT2D eigenvalue weighted by Gasteiger charge is 2.08. The van der Waals surface area contributed by atoms with Crippen molar-refractivity contribution in [2.45, 2.75) is 6.92 Å². The molecule has 0 bridgehead atoms. The van der Waals surface area contributed by atoms with E-state index in [1.807, 2.05) is 31.2 Å². The predicted molar refractivity (Wildman–Crippen MR) is 78.0 cm³/mol. The zero-order valence-corrected chi connectivity index (χ0v) is 11.5. The number of hydrogen-bond donors (Lipinski definition) is 2. The van der Waals surface area contributed by atoms with Crippen LogP contribution in [0.15, 0.2) is 35.3 Å². The Labute approximate surface area is 119 Å². The number of fused-ring (bicyclic) bond motifs is 1. The molecule has 0 spiro atoms. The standard InChI is InChI=1S/C13H12N4O2S/c1-2-19-9-5-3-8(4-6-9)17-11-10(7-14-17)12(18)16-13(20)15-11/h3-7H,2H2,1H3,(H2,15,16,18,20). The van der Waals surface area contributed by atoms with Crippen molar-refractivity contribution >= 4 is 23.3 Å². The van der Waals surface area contributed by atoms with Crippen LogP contribution in [0.4, 0.5) is 0 Å². The van der Waals surface area contributed by atoms with Gasteiger partial charge in [0.15, 0.2) is 4.77 Å². The van der Waals surface area contributed by atoms with Crippen LogP contribution in [0.3, 0.4) is 0 Å². The second-order valence-electron chi connectivity index (χ2n) is 4.15. The highest BCUT2D eigenvalue weighted by molar-refractivity contribution is 7.71. The quantitative estimate of drug-likeness (QED) is 0.724. The maximum atomic E-state index is 11.8. The lowest BCUT2D eigenvalue weighted by Gasteiger charge is -2.06. The average Bonchev–Trinajstić information content (AvgIpc) is 2.84. The van der Waals surface area contributed by atoms with Crippen LogP contribution >= 0.6 is 12.2 Å². The van der Waals surface area contributed by atoms with E-state index >= 15 is 0 Å². The third-order valence-corrected chi connectivity index (χ3v) is 3.07. The van der Waals surface area contributed by atoms with Crippen LogP contribution in [0.5, 0.6) is 5.75 Å². The van der Waals surface area contributed by atoms with Gasteiger partial charge in [-0.25, -0.2) is 4.68 Å². The Kier molecular flexibility index (Phi) is 3.11. The second kappa shape index (κ2) is 4.93. The fraction of sp³-hybridized carbons (Fsp3) is 0.154. The number of rotatable bonds is 3. The van der Waals surface area contributed by atoms with Crippen molar-refractivity contribution < 1.29 is 4.74 Å². The Balaban J connectivity index is 2.14. The minimum absolute atomic E-state index is 0.249. The van der Waals surface area contributed by atoms with Gasteiger partial charge < -0.3 is 9.72 Å². The van der Waals surface area contributed by atoms with E-state index < -0.39 is 0 Å². The summed E-state index contributed by atoms with van der Waals surface area (Å²) in [7, 11) is 0. The van der Waals surface area contributed by atoms with Crippen LogP contribution in [0.1, 0.15) is 6.92 Å². The van der Waals surface area contributed by atoms with Gasteiger partial charge in [-0.05, 0) is 43.4 Å². The Bertz CT molecular complexity index is 860. The zero-order valence-electron chi connectivity index (χ0n) is 10.7. The van der Waals surface area contributed by atoms with Crippen molar-refractivity contribution in [3.05, 3.63) is 45.6 Å². The molecule has 7 heteroatoms. The molecule has 20 heavy (non-hydrogen) atoms. The molecule has 6 nitrogen and oxygen atoms in total. The van der Waals surface area contributed by atoms with E-state index in [2.05, 4.69) is 15.1 Å². The van der Waals surface area contributed by atoms with Gasteiger partial charge in [-0.1, -0.05) is 0 Å². The van der Waals surface area contributed by atoms with Crippen LogP contribution in [-0.2, 0) is 0 Å². The summed E-state index contributed by atoms with van der Waals surface area (Å²) < 4.78 is 7.30. The molecule has 0 radical (unpaired) electrons. The van der Waals surface area contributed by atoms with Crippen LogP contribution < -0.4 is 10.3 Å². The number of nitrogens with one attached hydrogen (secondary N) is 2. The summed E-state index contributed by atoms with van der Waals surface area (Å²) in [4.78, 5) is 17.2. The molecule has 2 aromatic heterocycles. The van der Waals surface area contributed by atoms with Gasteiger partial charge in [0.2, 0.25) is 0 Å². The first-order valence-electron chi connectivity index (χ1n) is 6.12. The van der Waals surface area contributed by atoms with Crippen LogP contribution in [0.25, 0.3) is 16.7 Å². The van der Waals surface area contributed by atoms with Gasteiger partial charge >= 0.3 is 0 Å². The molecule has 0 aliphatic rings. The van der Waals surface area contributed by atoms with Gasteiger partial charge in [0.05, 0.1) is 18.5 Å². The highest BCUT2D eigenvalue weighted by atomic mass is 32.1. The van der Waals surface area contributed by atoms with Crippen molar-refractivity contribution in [2.24, 2.45) is 0 Å².